The Morgan fingerprint density at radius 1 is 1.40 bits per heavy atom. The lowest BCUT2D eigenvalue weighted by Gasteiger charge is -2.26. The van der Waals surface area contributed by atoms with Crippen molar-refractivity contribution in [2.75, 3.05) is 11.9 Å². The summed E-state index contributed by atoms with van der Waals surface area (Å²) in [6.45, 7) is 0.705. The number of nitrogens with one attached hydrogen (secondary N) is 1. The quantitative estimate of drug-likeness (QED) is 0.898. The van der Waals surface area contributed by atoms with Gasteiger partial charge in [-0.2, -0.15) is 5.26 Å². The number of hydrogen-bond donors (Lipinski definition) is 2. The average Bonchev–Trinajstić information content (AvgIpc) is 2.49. The Morgan fingerprint density at radius 2 is 2.10 bits per heavy atom. The number of benzene rings is 1. The third-order valence-electron chi connectivity index (χ3n) is 3.91. The summed E-state index contributed by atoms with van der Waals surface area (Å²) in [6, 6.07) is 6.95. The molecule has 0 unspecified atom stereocenters. The first kappa shape index (κ1) is 14.8. The molecule has 0 heterocycles. The van der Waals surface area contributed by atoms with Crippen molar-refractivity contribution in [2.24, 2.45) is 17.6 Å². The Labute approximate surface area is 123 Å². The minimum atomic E-state index is 0.0201. The molecule has 1 aliphatic rings. The molecule has 0 saturated heterocycles. The molecule has 0 radical (unpaired) electrons. The first-order valence-corrected chi connectivity index (χ1v) is 7.22. The van der Waals surface area contributed by atoms with Crippen LogP contribution in [0.5, 0.6) is 0 Å². The van der Waals surface area contributed by atoms with Crippen molar-refractivity contribution >= 4 is 23.2 Å². The molecule has 0 aromatic heterocycles. The van der Waals surface area contributed by atoms with E-state index in [1.807, 2.05) is 6.07 Å². The Hall–Kier alpha value is -1.57. The molecule has 1 amide bonds. The van der Waals surface area contributed by atoms with Gasteiger partial charge in [0.1, 0.15) is 6.07 Å². The third kappa shape index (κ3) is 3.50. The fourth-order valence-electron chi connectivity index (χ4n) is 2.59. The van der Waals surface area contributed by atoms with Gasteiger partial charge < -0.3 is 11.1 Å². The molecule has 1 saturated carbocycles. The SMILES string of the molecule is N#Cc1cc(NC(=O)C2CCC(CN)CC2)ccc1Cl. The van der Waals surface area contributed by atoms with Gasteiger partial charge in [-0.3, -0.25) is 4.79 Å². The van der Waals surface area contributed by atoms with Gasteiger partial charge in [-0.05, 0) is 56.3 Å². The summed E-state index contributed by atoms with van der Waals surface area (Å²) in [5.74, 6) is 0.616. The van der Waals surface area contributed by atoms with Crippen LogP contribution < -0.4 is 11.1 Å². The number of anilines is 1. The van der Waals surface area contributed by atoms with E-state index < -0.39 is 0 Å². The molecule has 4 nitrogen and oxygen atoms in total. The average molecular weight is 292 g/mol. The summed E-state index contributed by atoms with van der Waals surface area (Å²) in [5, 5.41) is 12.2. The summed E-state index contributed by atoms with van der Waals surface area (Å²) in [4.78, 5) is 12.2. The zero-order chi connectivity index (χ0) is 14.5. The molecule has 5 heteroatoms. The van der Waals surface area contributed by atoms with Gasteiger partial charge in [-0.25, -0.2) is 0 Å². The van der Waals surface area contributed by atoms with Gasteiger partial charge in [0.2, 0.25) is 5.91 Å². The number of nitrogens with two attached hydrogens (primary N) is 1. The number of carbonyl (C=O) groups excluding carboxylic acids is 1. The highest BCUT2D eigenvalue weighted by atomic mass is 35.5. The molecule has 0 bridgehead atoms. The zero-order valence-electron chi connectivity index (χ0n) is 11.2. The van der Waals surface area contributed by atoms with Gasteiger partial charge in [-0.1, -0.05) is 11.6 Å². The topological polar surface area (TPSA) is 78.9 Å². The van der Waals surface area contributed by atoms with E-state index in [4.69, 9.17) is 22.6 Å². The highest BCUT2D eigenvalue weighted by molar-refractivity contribution is 6.31. The van der Waals surface area contributed by atoms with Crippen LogP contribution in [0.1, 0.15) is 31.2 Å². The van der Waals surface area contributed by atoms with E-state index >= 15 is 0 Å². The van der Waals surface area contributed by atoms with Crippen LogP contribution in [0.4, 0.5) is 5.69 Å². The van der Waals surface area contributed by atoms with Gasteiger partial charge in [0.15, 0.2) is 0 Å². The summed E-state index contributed by atoms with van der Waals surface area (Å²) >= 11 is 5.87. The normalized spacial score (nSPS) is 22.1. The molecule has 2 rings (SSSR count). The van der Waals surface area contributed by atoms with E-state index in [0.717, 1.165) is 25.7 Å². The Kier molecular flexibility index (Phi) is 4.99. The van der Waals surface area contributed by atoms with E-state index in [2.05, 4.69) is 5.32 Å². The predicted octanol–water partition coefficient (Wildman–Crippen LogP) is 2.92. The van der Waals surface area contributed by atoms with Gasteiger partial charge in [-0.15, -0.1) is 0 Å². The van der Waals surface area contributed by atoms with E-state index in [9.17, 15) is 4.79 Å². The number of rotatable bonds is 3. The molecule has 3 N–H and O–H groups in total. The minimum absolute atomic E-state index is 0.0201. The third-order valence-corrected chi connectivity index (χ3v) is 4.23. The largest absolute Gasteiger partial charge is 0.330 e. The van der Waals surface area contributed by atoms with E-state index in [-0.39, 0.29) is 11.8 Å². The number of carbonyl (C=O) groups is 1. The molecule has 1 aromatic carbocycles. The van der Waals surface area contributed by atoms with Crippen LogP contribution in [0.15, 0.2) is 18.2 Å². The number of nitriles is 1. The summed E-state index contributed by atoms with van der Waals surface area (Å²) in [7, 11) is 0. The number of hydrogen-bond acceptors (Lipinski definition) is 3. The standard InChI is InChI=1S/C15H18ClN3O/c16-14-6-5-13(7-12(14)9-18)19-15(20)11-3-1-10(8-17)2-4-11/h5-7,10-11H,1-4,8,17H2,(H,19,20). The maximum Gasteiger partial charge on any atom is 0.227 e. The molecular weight excluding hydrogens is 274 g/mol. The molecule has 0 spiro atoms. The van der Waals surface area contributed by atoms with Gasteiger partial charge in [0, 0.05) is 11.6 Å². The minimum Gasteiger partial charge on any atom is -0.330 e. The van der Waals surface area contributed by atoms with Crippen molar-refractivity contribution in [3.05, 3.63) is 28.8 Å². The van der Waals surface area contributed by atoms with E-state index in [1.54, 1.807) is 18.2 Å². The molecular formula is C15H18ClN3O. The van der Waals surface area contributed by atoms with Crippen molar-refractivity contribution in [1.29, 1.82) is 5.26 Å². The summed E-state index contributed by atoms with van der Waals surface area (Å²) in [5.41, 5.74) is 6.64. The number of nitrogens with zero attached hydrogens (tertiary/aromatic N) is 1. The maximum absolute atomic E-state index is 12.2. The molecule has 0 aliphatic heterocycles. The van der Waals surface area contributed by atoms with Gasteiger partial charge in [0.05, 0.1) is 10.6 Å². The highest BCUT2D eigenvalue weighted by Crippen LogP contribution is 2.29. The van der Waals surface area contributed by atoms with Crippen LogP contribution in [0.2, 0.25) is 5.02 Å². The van der Waals surface area contributed by atoms with Crippen LogP contribution in [-0.2, 0) is 4.79 Å². The first-order chi connectivity index (χ1) is 9.63. The highest BCUT2D eigenvalue weighted by Gasteiger charge is 2.25. The summed E-state index contributed by atoms with van der Waals surface area (Å²) in [6.07, 6.45) is 3.79. The molecule has 20 heavy (non-hydrogen) atoms. The lowest BCUT2D eigenvalue weighted by Crippen LogP contribution is -2.29. The van der Waals surface area contributed by atoms with Crippen LogP contribution in [0.3, 0.4) is 0 Å². The van der Waals surface area contributed by atoms with E-state index in [1.165, 1.54) is 0 Å². The van der Waals surface area contributed by atoms with Crippen LogP contribution in [0.25, 0.3) is 0 Å². The summed E-state index contributed by atoms with van der Waals surface area (Å²) < 4.78 is 0. The molecule has 1 fully saturated rings. The molecule has 106 valence electrons. The van der Waals surface area contributed by atoms with Gasteiger partial charge >= 0.3 is 0 Å². The Balaban J connectivity index is 1.97. The van der Waals surface area contributed by atoms with Crippen molar-refractivity contribution in [3.8, 4) is 6.07 Å². The van der Waals surface area contributed by atoms with Gasteiger partial charge in [0.25, 0.3) is 0 Å². The lowest BCUT2D eigenvalue weighted by atomic mass is 9.81. The maximum atomic E-state index is 12.2. The molecule has 1 aromatic rings. The number of halogens is 1. The van der Waals surface area contributed by atoms with Crippen LogP contribution in [0, 0.1) is 23.2 Å². The Morgan fingerprint density at radius 3 is 2.70 bits per heavy atom. The number of amides is 1. The van der Waals surface area contributed by atoms with Crippen LogP contribution in [-0.4, -0.2) is 12.5 Å². The fourth-order valence-corrected chi connectivity index (χ4v) is 2.75. The fraction of sp³-hybridized carbons (Fsp3) is 0.467. The predicted molar refractivity (Wildman–Crippen MR) is 79.3 cm³/mol. The van der Waals surface area contributed by atoms with Crippen molar-refractivity contribution in [1.82, 2.24) is 0 Å². The van der Waals surface area contributed by atoms with Crippen molar-refractivity contribution in [3.63, 3.8) is 0 Å². The second kappa shape index (κ2) is 6.74. The van der Waals surface area contributed by atoms with E-state index in [0.29, 0.717) is 28.7 Å². The zero-order valence-corrected chi connectivity index (χ0v) is 12.0. The Bertz CT molecular complexity index is 530. The monoisotopic (exact) mass is 291 g/mol. The van der Waals surface area contributed by atoms with Crippen molar-refractivity contribution in [2.45, 2.75) is 25.7 Å². The second-order valence-electron chi connectivity index (χ2n) is 5.25. The molecule has 0 atom stereocenters. The molecule has 1 aliphatic carbocycles. The lowest BCUT2D eigenvalue weighted by molar-refractivity contribution is -0.121. The smallest absolute Gasteiger partial charge is 0.227 e. The second-order valence-corrected chi connectivity index (χ2v) is 5.66. The first-order valence-electron chi connectivity index (χ1n) is 6.84. The van der Waals surface area contributed by atoms with Crippen molar-refractivity contribution < 1.29 is 4.79 Å². The van der Waals surface area contributed by atoms with Crippen LogP contribution >= 0.6 is 11.6 Å².